The monoisotopic (exact) mass is 261 g/mol. The molecule has 0 unspecified atom stereocenters. The van der Waals surface area contributed by atoms with E-state index >= 15 is 0 Å². The van der Waals surface area contributed by atoms with Gasteiger partial charge in [-0.1, -0.05) is 18.2 Å². The fraction of sp³-hybridized carbons (Fsp3) is 0.600. The fourth-order valence-electron chi connectivity index (χ4n) is 2.36. The van der Waals surface area contributed by atoms with Crippen molar-refractivity contribution in [2.75, 3.05) is 6.54 Å². The summed E-state index contributed by atoms with van der Waals surface area (Å²) in [7, 11) is -0.289. The summed E-state index contributed by atoms with van der Waals surface area (Å²) in [5.74, 6) is 0. The van der Waals surface area contributed by atoms with Gasteiger partial charge in [-0.2, -0.15) is 0 Å². The van der Waals surface area contributed by atoms with Crippen molar-refractivity contribution < 1.29 is 9.31 Å². The summed E-state index contributed by atoms with van der Waals surface area (Å²) in [5, 5.41) is 0. The lowest BCUT2D eigenvalue weighted by Gasteiger charge is -2.32. The minimum atomic E-state index is -0.298. The van der Waals surface area contributed by atoms with Gasteiger partial charge < -0.3 is 15.0 Å². The molecule has 0 aromatic heterocycles. The second kappa shape index (κ2) is 4.93. The fourth-order valence-corrected chi connectivity index (χ4v) is 2.36. The van der Waals surface area contributed by atoms with E-state index in [2.05, 4.69) is 52.8 Å². The normalized spacial score (nSPS) is 20.8. The summed E-state index contributed by atoms with van der Waals surface area (Å²) in [6, 6.07) is 6.26. The van der Waals surface area contributed by atoms with Gasteiger partial charge in [-0.25, -0.2) is 0 Å². The van der Waals surface area contributed by atoms with Crippen LogP contribution in [0, 0.1) is 6.92 Å². The Balaban J connectivity index is 2.32. The molecule has 1 aromatic carbocycles. The van der Waals surface area contributed by atoms with E-state index in [1.165, 1.54) is 11.1 Å². The molecule has 0 aliphatic carbocycles. The molecule has 1 fully saturated rings. The molecule has 1 aliphatic heterocycles. The molecule has 1 saturated heterocycles. The molecule has 2 rings (SSSR count). The second-order valence-corrected chi connectivity index (χ2v) is 6.26. The summed E-state index contributed by atoms with van der Waals surface area (Å²) in [4.78, 5) is 0. The molecule has 0 radical (unpaired) electrons. The van der Waals surface area contributed by atoms with E-state index in [1.54, 1.807) is 0 Å². The standard InChI is InChI=1S/C15H24BNO2/c1-11-12(9-10-17)7-6-8-13(11)16-18-14(2,3)15(4,5)19-16/h6-8H,9-10,17H2,1-5H3. The van der Waals surface area contributed by atoms with Crippen molar-refractivity contribution in [1.29, 1.82) is 0 Å². The van der Waals surface area contributed by atoms with Crippen LogP contribution in [0.25, 0.3) is 0 Å². The van der Waals surface area contributed by atoms with Gasteiger partial charge in [0.05, 0.1) is 11.2 Å². The first-order valence-electron chi connectivity index (χ1n) is 6.92. The first kappa shape index (κ1) is 14.6. The molecule has 0 spiro atoms. The van der Waals surface area contributed by atoms with Gasteiger partial charge in [0.15, 0.2) is 0 Å². The van der Waals surface area contributed by atoms with Crippen molar-refractivity contribution in [3.05, 3.63) is 29.3 Å². The lowest BCUT2D eigenvalue weighted by Crippen LogP contribution is -2.41. The predicted molar refractivity (Wildman–Crippen MR) is 79.7 cm³/mol. The Labute approximate surface area is 116 Å². The lowest BCUT2D eigenvalue weighted by molar-refractivity contribution is 0.00578. The average Bonchev–Trinajstić information content (AvgIpc) is 2.51. The Hall–Kier alpha value is -0.835. The zero-order chi connectivity index (χ0) is 14.3. The molecule has 0 amide bonds. The molecule has 1 heterocycles. The number of hydrogen-bond donors (Lipinski definition) is 1. The molecule has 104 valence electrons. The molecule has 0 atom stereocenters. The first-order chi connectivity index (χ1) is 8.78. The molecule has 2 N–H and O–H groups in total. The lowest BCUT2D eigenvalue weighted by atomic mass is 9.75. The van der Waals surface area contributed by atoms with Crippen LogP contribution in [-0.2, 0) is 15.7 Å². The highest BCUT2D eigenvalue weighted by Crippen LogP contribution is 2.36. The topological polar surface area (TPSA) is 44.5 Å². The van der Waals surface area contributed by atoms with Crippen molar-refractivity contribution in [1.82, 2.24) is 0 Å². The van der Waals surface area contributed by atoms with Crippen LogP contribution in [-0.4, -0.2) is 24.9 Å². The van der Waals surface area contributed by atoms with Crippen LogP contribution in [0.2, 0.25) is 0 Å². The first-order valence-corrected chi connectivity index (χ1v) is 6.92. The molecule has 4 heteroatoms. The van der Waals surface area contributed by atoms with Crippen LogP contribution in [0.4, 0.5) is 0 Å². The van der Waals surface area contributed by atoms with Crippen molar-refractivity contribution in [3.8, 4) is 0 Å². The maximum Gasteiger partial charge on any atom is 0.495 e. The van der Waals surface area contributed by atoms with Gasteiger partial charge in [-0.3, -0.25) is 0 Å². The Morgan fingerprint density at radius 1 is 1.11 bits per heavy atom. The van der Waals surface area contributed by atoms with E-state index in [-0.39, 0.29) is 18.3 Å². The molecule has 1 aliphatic rings. The molecule has 0 saturated carbocycles. The van der Waals surface area contributed by atoms with Gasteiger partial charge in [0, 0.05) is 0 Å². The number of benzene rings is 1. The summed E-state index contributed by atoms with van der Waals surface area (Å²) in [6.07, 6.45) is 0.888. The molecule has 19 heavy (non-hydrogen) atoms. The third-order valence-corrected chi connectivity index (χ3v) is 4.41. The van der Waals surface area contributed by atoms with Crippen molar-refractivity contribution in [2.24, 2.45) is 5.73 Å². The Morgan fingerprint density at radius 2 is 1.68 bits per heavy atom. The SMILES string of the molecule is Cc1c(CCN)cccc1B1OC(C)(C)C(C)(C)O1. The van der Waals surface area contributed by atoms with Crippen LogP contribution in [0.15, 0.2) is 18.2 Å². The number of hydrogen-bond acceptors (Lipinski definition) is 3. The van der Waals surface area contributed by atoms with Gasteiger partial charge in [-0.15, -0.1) is 0 Å². The Kier molecular flexibility index (Phi) is 3.78. The van der Waals surface area contributed by atoms with E-state index in [4.69, 9.17) is 15.0 Å². The molecule has 3 nitrogen and oxygen atoms in total. The van der Waals surface area contributed by atoms with Gasteiger partial charge in [0.1, 0.15) is 0 Å². The van der Waals surface area contributed by atoms with Gasteiger partial charge in [-0.05, 0) is 64.2 Å². The number of rotatable bonds is 3. The predicted octanol–water partition coefficient (Wildman–Crippen LogP) is 1.80. The second-order valence-electron chi connectivity index (χ2n) is 6.26. The van der Waals surface area contributed by atoms with E-state index in [0.29, 0.717) is 6.54 Å². The van der Waals surface area contributed by atoms with Crippen LogP contribution in [0.1, 0.15) is 38.8 Å². The third kappa shape index (κ3) is 2.57. The van der Waals surface area contributed by atoms with Crippen LogP contribution in [0.3, 0.4) is 0 Å². The van der Waals surface area contributed by atoms with Crippen molar-refractivity contribution in [2.45, 2.75) is 52.2 Å². The van der Waals surface area contributed by atoms with E-state index in [1.807, 2.05) is 0 Å². The van der Waals surface area contributed by atoms with Gasteiger partial charge in [0.25, 0.3) is 0 Å². The zero-order valence-electron chi connectivity index (χ0n) is 12.6. The quantitative estimate of drug-likeness (QED) is 0.844. The molecule has 0 bridgehead atoms. The average molecular weight is 261 g/mol. The van der Waals surface area contributed by atoms with Crippen LogP contribution in [0.5, 0.6) is 0 Å². The summed E-state index contributed by atoms with van der Waals surface area (Å²) < 4.78 is 12.2. The largest absolute Gasteiger partial charge is 0.495 e. The van der Waals surface area contributed by atoms with E-state index in [9.17, 15) is 0 Å². The highest BCUT2D eigenvalue weighted by molar-refractivity contribution is 6.62. The third-order valence-electron chi connectivity index (χ3n) is 4.41. The summed E-state index contributed by atoms with van der Waals surface area (Å²) in [5.41, 5.74) is 8.68. The van der Waals surface area contributed by atoms with Gasteiger partial charge >= 0.3 is 7.12 Å². The minimum absolute atomic E-state index is 0.289. The van der Waals surface area contributed by atoms with Crippen molar-refractivity contribution >= 4 is 12.6 Å². The highest BCUT2D eigenvalue weighted by Gasteiger charge is 2.52. The zero-order valence-corrected chi connectivity index (χ0v) is 12.6. The summed E-state index contributed by atoms with van der Waals surface area (Å²) in [6.45, 7) is 11.1. The smallest absolute Gasteiger partial charge is 0.399 e. The number of nitrogens with two attached hydrogens (primary N) is 1. The highest BCUT2D eigenvalue weighted by atomic mass is 16.7. The van der Waals surface area contributed by atoms with Crippen molar-refractivity contribution in [3.63, 3.8) is 0 Å². The minimum Gasteiger partial charge on any atom is -0.399 e. The molecular weight excluding hydrogens is 237 g/mol. The van der Waals surface area contributed by atoms with E-state index < -0.39 is 0 Å². The maximum absolute atomic E-state index is 6.11. The molecule has 1 aromatic rings. The van der Waals surface area contributed by atoms with Gasteiger partial charge in [0.2, 0.25) is 0 Å². The van der Waals surface area contributed by atoms with Crippen LogP contribution >= 0.6 is 0 Å². The maximum atomic E-state index is 6.11. The molecular formula is C15H24BNO2. The Morgan fingerprint density at radius 3 is 2.21 bits per heavy atom. The van der Waals surface area contributed by atoms with Crippen LogP contribution < -0.4 is 11.2 Å². The van der Waals surface area contributed by atoms with E-state index in [0.717, 1.165) is 11.9 Å². The summed E-state index contributed by atoms with van der Waals surface area (Å²) >= 11 is 0. The Bertz CT molecular complexity index is 455.